The van der Waals surface area contributed by atoms with Crippen molar-refractivity contribution >= 4 is 65.3 Å². The second-order valence-corrected chi connectivity index (χ2v) is 11.9. The summed E-state index contributed by atoms with van der Waals surface area (Å²) in [4.78, 5) is 10.5. The average Bonchev–Trinajstić information content (AvgIpc) is 3.61. The summed E-state index contributed by atoms with van der Waals surface area (Å²) in [6, 6.07) is 56.0. The van der Waals surface area contributed by atoms with Gasteiger partial charge in [-0.15, -0.1) is 0 Å². The number of rotatable bonds is 3. The summed E-state index contributed by atoms with van der Waals surface area (Å²) in [5.74, 6) is 0.663. The second kappa shape index (κ2) is 9.62. The van der Waals surface area contributed by atoms with Crippen LogP contribution in [0.1, 0.15) is 0 Å². The Kier molecular flexibility index (Phi) is 5.25. The van der Waals surface area contributed by atoms with E-state index in [1.54, 1.807) is 0 Å². The molecule has 0 bridgehead atoms. The third kappa shape index (κ3) is 3.61. The molecule has 0 spiro atoms. The molecule has 10 rings (SSSR count). The van der Waals surface area contributed by atoms with Gasteiger partial charge in [-0.25, -0.2) is 9.97 Å². The van der Waals surface area contributed by atoms with Crippen LogP contribution in [0.2, 0.25) is 0 Å². The van der Waals surface area contributed by atoms with Crippen LogP contribution in [0.15, 0.2) is 158 Å². The van der Waals surface area contributed by atoms with Crippen LogP contribution in [0.25, 0.3) is 88.2 Å². The van der Waals surface area contributed by atoms with Gasteiger partial charge in [0.15, 0.2) is 0 Å². The number of hydrogen-bond acceptors (Lipinski definition) is 2. The first-order valence-electron chi connectivity index (χ1n) is 15.6. The summed E-state index contributed by atoms with van der Waals surface area (Å²) >= 11 is 0. The Morgan fingerprint density at radius 3 is 1.78 bits per heavy atom. The highest BCUT2D eigenvalue weighted by molar-refractivity contribution is 6.20. The molecule has 0 aliphatic carbocycles. The van der Waals surface area contributed by atoms with Gasteiger partial charge >= 0.3 is 0 Å². The number of benzene rings is 7. The fraction of sp³-hybridized carbons (Fsp3) is 0. The Bertz CT molecular complexity index is 2790. The SMILES string of the molecule is c1ccc(-c2nc(-n3c4ccccc4c4cc5c6cc7ccccc7cc6n(-c6ccccc6)c5cc43)nc3ccccc23)cc1. The van der Waals surface area contributed by atoms with Gasteiger partial charge in [0, 0.05) is 38.2 Å². The zero-order chi connectivity index (χ0) is 30.2. The molecule has 4 heteroatoms. The normalized spacial score (nSPS) is 11.9. The van der Waals surface area contributed by atoms with Crippen LogP contribution in [-0.2, 0) is 0 Å². The zero-order valence-corrected chi connectivity index (χ0v) is 24.8. The molecule has 0 amide bonds. The molecule has 46 heavy (non-hydrogen) atoms. The molecule has 0 atom stereocenters. The van der Waals surface area contributed by atoms with E-state index in [0.29, 0.717) is 5.95 Å². The molecule has 0 N–H and O–H groups in total. The summed E-state index contributed by atoms with van der Waals surface area (Å²) < 4.78 is 4.64. The molecule has 10 aromatic rings. The number of para-hydroxylation sites is 3. The predicted molar refractivity (Wildman–Crippen MR) is 191 cm³/mol. The molecule has 0 saturated heterocycles. The summed E-state index contributed by atoms with van der Waals surface area (Å²) in [6.45, 7) is 0. The van der Waals surface area contributed by atoms with E-state index in [4.69, 9.17) is 9.97 Å². The Balaban J connectivity index is 1.37. The van der Waals surface area contributed by atoms with Gasteiger partial charge in [-0.05, 0) is 59.3 Å². The minimum absolute atomic E-state index is 0.663. The Labute approximate surface area is 264 Å². The van der Waals surface area contributed by atoms with E-state index in [0.717, 1.165) is 44.4 Å². The van der Waals surface area contributed by atoms with Crippen LogP contribution < -0.4 is 0 Å². The van der Waals surface area contributed by atoms with Crippen LogP contribution >= 0.6 is 0 Å². The van der Waals surface area contributed by atoms with E-state index >= 15 is 0 Å². The van der Waals surface area contributed by atoms with Crippen molar-refractivity contribution in [1.82, 2.24) is 19.1 Å². The van der Waals surface area contributed by atoms with Crippen molar-refractivity contribution in [2.24, 2.45) is 0 Å². The fourth-order valence-electron chi connectivity index (χ4n) is 7.21. The van der Waals surface area contributed by atoms with E-state index in [1.165, 1.54) is 37.8 Å². The van der Waals surface area contributed by atoms with Crippen molar-refractivity contribution in [3.05, 3.63) is 158 Å². The molecule has 3 aromatic heterocycles. The molecule has 0 aliphatic rings. The highest BCUT2D eigenvalue weighted by Gasteiger charge is 2.21. The quantitative estimate of drug-likeness (QED) is 0.206. The van der Waals surface area contributed by atoms with Gasteiger partial charge < -0.3 is 4.57 Å². The van der Waals surface area contributed by atoms with Gasteiger partial charge in [-0.3, -0.25) is 4.57 Å². The molecule has 0 aliphatic heterocycles. The van der Waals surface area contributed by atoms with Crippen LogP contribution in [0, 0.1) is 0 Å². The molecule has 4 nitrogen and oxygen atoms in total. The molecule has 7 aromatic carbocycles. The molecule has 3 heterocycles. The average molecular weight is 587 g/mol. The first-order chi connectivity index (χ1) is 22.8. The number of nitrogens with zero attached hydrogens (tertiary/aromatic N) is 4. The van der Waals surface area contributed by atoms with Crippen LogP contribution in [-0.4, -0.2) is 19.1 Å². The van der Waals surface area contributed by atoms with E-state index in [2.05, 4.69) is 155 Å². The predicted octanol–water partition coefficient (Wildman–Crippen LogP) is 10.6. The third-order valence-corrected chi connectivity index (χ3v) is 9.28. The topological polar surface area (TPSA) is 35.6 Å². The summed E-state index contributed by atoms with van der Waals surface area (Å²) in [5.41, 5.74) is 8.55. The van der Waals surface area contributed by atoms with Crippen LogP contribution in [0.3, 0.4) is 0 Å². The molecule has 0 unspecified atom stereocenters. The lowest BCUT2D eigenvalue weighted by molar-refractivity contribution is 1.01. The Hall–Kier alpha value is -6.26. The maximum Gasteiger partial charge on any atom is 0.235 e. The van der Waals surface area contributed by atoms with E-state index in [-0.39, 0.29) is 0 Å². The molecule has 214 valence electrons. The Morgan fingerprint density at radius 2 is 0.957 bits per heavy atom. The molecular formula is C42H26N4. The molecular weight excluding hydrogens is 560 g/mol. The Morgan fingerprint density at radius 1 is 0.370 bits per heavy atom. The van der Waals surface area contributed by atoms with E-state index in [1.807, 2.05) is 12.1 Å². The highest BCUT2D eigenvalue weighted by Crippen LogP contribution is 2.41. The van der Waals surface area contributed by atoms with Gasteiger partial charge in [0.05, 0.1) is 33.3 Å². The standard InChI is InChI=1S/C42H26N4/c1-3-13-27(14-4-1)41-32-20-9-11-21-36(32)43-42(44-41)46-37-22-12-10-19-31(37)34-25-35-33-23-28-15-7-8-16-29(28)24-38(33)45(39(35)26-40(34)46)30-17-5-2-6-18-30/h1-26H. The third-order valence-electron chi connectivity index (χ3n) is 9.28. The van der Waals surface area contributed by atoms with E-state index < -0.39 is 0 Å². The van der Waals surface area contributed by atoms with Crippen LogP contribution in [0.4, 0.5) is 0 Å². The van der Waals surface area contributed by atoms with Gasteiger partial charge in [0.25, 0.3) is 0 Å². The summed E-state index contributed by atoms with van der Waals surface area (Å²) in [7, 11) is 0. The van der Waals surface area contributed by atoms with Crippen molar-refractivity contribution in [1.29, 1.82) is 0 Å². The first kappa shape index (κ1) is 25.1. The van der Waals surface area contributed by atoms with Gasteiger partial charge in [-0.2, -0.15) is 0 Å². The number of fused-ring (bicyclic) bond motifs is 8. The lowest BCUT2D eigenvalue weighted by atomic mass is 10.0. The molecule has 0 saturated carbocycles. The van der Waals surface area contributed by atoms with Crippen molar-refractivity contribution in [3.8, 4) is 22.9 Å². The van der Waals surface area contributed by atoms with Gasteiger partial charge in [0.2, 0.25) is 5.95 Å². The zero-order valence-electron chi connectivity index (χ0n) is 24.8. The minimum atomic E-state index is 0.663. The lowest BCUT2D eigenvalue weighted by Crippen LogP contribution is -2.03. The number of hydrogen-bond donors (Lipinski definition) is 0. The van der Waals surface area contributed by atoms with Crippen molar-refractivity contribution in [2.75, 3.05) is 0 Å². The van der Waals surface area contributed by atoms with Gasteiger partial charge in [0.1, 0.15) is 0 Å². The summed E-state index contributed by atoms with van der Waals surface area (Å²) in [6.07, 6.45) is 0. The summed E-state index contributed by atoms with van der Waals surface area (Å²) in [5, 5.41) is 8.33. The minimum Gasteiger partial charge on any atom is -0.309 e. The monoisotopic (exact) mass is 586 g/mol. The number of aromatic nitrogens is 4. The van der Waals surface area contributed by atoms with Crippen LogP contribution in [0.5, 0.6) is 0 Å². The lowest BCUT2D eigenvalue weighted by Gasteiger charge is -2.12. The second-order valence-electron chi connectivity index (χ2n) is 11.9. The largest absolute Gasteiger partial charge is 0.309 e. The molecule has 0 fully saturated rings. The van der Waals surface area contributed by atoms with E-state index in [9.17, 15) is 0 Å². The maximum atomic E-state index is 5.30. The maximum absolute atomic E-state index is 5.30. The van der Waals surface area contributed by atoms with Crippen molar-refractivity contribution in [3.63, 3.8) is 0 Å². The van der Waals surface area contributed by atoms with Crippen molar-refractivity contribution in [2.45, 2.75) is 0 Å². The van der Waals surface area contributed by atoms with Gasteiger partial charge in [-0.1, -0.05) is 109 Å². The molecule has 0 radical (unpaired) electrons. The fourth-order valence-corrected chi connectivity index (χ4v) is 7.21. The first-order valence-corrected chi connectivity index (χ1v) is 15.6. The highest BCUT2D eigenvalue weighted by atomic mass is 15.2. The van der Waals surface area contributed by atoms with Crippen molar-refractivity contribution < 1.29 is 0 Å². The smallest absolute Gasteiger partial charge is 0.235 e.